The summed E-state index contributed by atoms with van der Waals surface area (Å²) in [6.07, 6.45) is 5.04. The van der Waals surface area contributed by atoms with Gasteiger partial charge in [0.15, 0.2) is 6.29 Å². The minimum absolute atomic E-state index is 0.148. The Morgan fingerprint density at radius 3 is 2.38 bits per heavy atom. The Morgan fingerprint density at radius 2 is 1.88 bits per heavy atom. The summed E-state index contributed by atoms with van der Waals surface area (Å²) in [5.41, 5.74) is 0.477. The summed E-state index contributed by atoms with van der Waals surface area (Å²) in [6, 6.07) is 0.848. The molecule has 3 nitrogen and oxygen atoms in total. The molecule has 0 heterocycles. The van der Waals surface area contributed by atoms with Crippen molar-refractivity contribution in [3.63, 3.8) is 0 Å². The molecule has 0 amide bonds. The van der Waals surface area contributed by atoms with Gasteiger partial charge in [-0.1, -0.05) is 20.3 Å². The highest BCUT2D eigenvalue weighted by molar-refractivity contribution is 4.85. The molecule has 1 rings (SSSR count). The van der Waals surface area contributed by atoms with Crippen molar-refractivity contribution in [3.8, 4) is 0 Å². The van der Waals surface area contributed by atoms with Crippen LogP contribution in [-0.4, -0.2) is 32.6 Å². The first-order chi connectivity index (χ1) is 7.48. The molecule has 1 aliphatic carbocycles. The molecule has 3 heteroatoms. The van der Waals surface area contributed by atoms with E-state index in [2.05, 4.69) is 26.1 Å². The van der Waals surface area contributed by atoms with Crippen LogP contribution in [0.5, 0.6) is 0 Å². The van der Waals surface area contributed by atoms with Crippen LogP contribution in [0.2, 0.25) is 0 Å². The summed E-state index contributed by atoms with van der Waals surface area (Å²) < 4.78 is 10.5. The van der Waals surface area contributed by atoms with Crippen LogP contribution < -0.4 is 5.32 Å². The topological polar surface area (TPSA) is 30.5 Å². The van der Waals surface area contributed by atoms with E-state index in [1.54, 1.807) is 14.2 Å². The van der Waals surface area contributed by atoms with E-state index in [4.69, 9.17) is 9.47 Å². The van der Waals surface area contributed by atoms with Crippen LogP contribution >= 0.6 is 0 Å². The maximum absolute atomic E-state index is 5.27. The van der Waals surface area contributed by atoms with E-state index >= 15 is 0 Å². The number of rotatable bonds is 5. The van der Waals surface area contributed by atoms with Gasteiger partial charge < -0.3 is 14.8 Å². The molecule has 2 atom stereocenters. The average Bonchev–Trinajstić information content (AvgIpc) is 2.17. The van der Waals surface area contributed by atoms with Gasteiger partial charge in [0.1, 0.15) is 0 Å². The summed E-state index contributed by atoms with van der Waals surface area (Å²) in [5, 5.41) is 3.63. The second kappa shape index (κ2) is 5.99. The maximum atomic E-state index is 5.27. The molecule has 0 aromatic carbocycles. The summed E-state index contributed by atoms with van der Waals surface area (Å²) in [4.78, 5) is 0. The van der Waals surface area contributed by atoms with Crippen molar-refractivity contribution in [1.29, 1.82) is 0 Å². The van der Waals surface area contributed by atoms with Crippen molar-refractivity contribution in [2.24, 2.45) is 5.41 Å². The van der Waals surface area contributed by atoms with Crippen molar-refractivity contribution in [1.82, 2.24) is 5.32 Å². The van der Waals surface area contributed by atoms with Gasteiger partial charge in [-0.15, -0.1) is 0 Å². The van der Waals surface area contributed by atoms with Crippen molar-refractivity contribution >= 4 is 0 Å². The summed E-state index contributed by atoms with van der Waals surface area (Å²) in [5.74, 6) is 0. The van der Waals surface area contributed by atoms with Crippen LogP contribution in [0.3, 0.4) is 0 Å². The SMILES string of the molecule is COC(OC)C(C)NC1CCCC(C)(C)C1. The molecule has 1 N–H and O–H groups in total. The molecule has 0 aromatic heterocycles. The fourth-order valence-corrected chi connectivity index (χ4v) is 2.80. The van der Waals surface area contributed by atoms with Crippen LogP contribution in [0.25, 0.3) is 0 Å². The Morgan fingerprint density at radius 1 is 1.25 bits per heavy atom. The van der Waals surface area contributed by atoms with Gasteiger partial charge in [-0.3, -0.25) is 0 Å². The van der Waals surface area contributed by atoms with Crippen molar-refractivity contribution in [2.75, 3.05) is 14.2 Å². The van der Waals surface area contributed by atoms with Gasteiger partial charge >= 0.3 is 0 Å². The zero-order chi connectivity index (χ0) is 12.2. The summed E-state index contributed by atoms with van der Waals surface area (Å²) in [7, 11) is 3.38. The van der Waals surface area contributed by atoms with Crippen LogP contribution in [0.15, 0.2) is 0 Å². The Kier molecular flexibility index (Phi) is 5.22. The number of hydrogen-bond acceptors (Lipinski definition) is 3. The average molecular weight is 229 g/mol. The van der Waals surface area contributed by atoms with Crippen molar-refractivity contribution in [3.05, 3.63) is 0 Å². The Hall–Kier alpha value is -0.120. The Balaban J connectivity index is 2.41. The minimum Gasteiger partial charge on any atom is -0.354 e. The Bertz CT molecular complexity index is 202. The highest BCUT2D eigenvalue weighted by Gasteiger charge is 2.29. The van der Waals surface area contributed by atoms with Gasteiger partial charge in [0.25, 0.3) is 0 Å². The van der Waals surface area contributed by atoms with Gasteiger partial charge in [0.2, 0.25) is 0 Å². The van der Waals surface area contributed by atoms with Crippen LogP contribution in [0.4, 0.5) is 0 Å². The number of methoxy groups -OCH3 is 2. The third-order valence-corrected chi connectivity index (χ3v) is 3.58. The summed E-state index contributed by atoms with van der Waals surface area (Å²) >= 11 is 0. The lowest BCUT2D eigenvalue weighted by Gasteiger charge is -2.37. The molecule has 1 fully saturated rings. The molecule has 1 saturated carbocycles. The smallest absolute Gasteiger partial charge is 0.171 e. The van der Waals surface area contributed by atoms with Crippen molar-refractivity contribution < 1.29 is 9.47 Å². The fraction of sp³-hybridized carbons (Fsp3) is 1.00. The van der Waals surface area contributed by atoms with Gasteiger partial charge in [0, 0.05) is 20.3 Å². The number of ether oxygens (including phenoxy) is 2. The largest absolute Gasteiger partial charge is 0.354 e. The standard InChI is InChI=1S/C13H27NO2/c1-10(12(15-4)16-5)14-11-7-6-8-13(2,3)9-11/h10-12,14H,6-9H2,1-5H3. The quantitative estimate of drug-likeness (QED) is 0.735. The van der Waals surface area contributed by atoms with E-state index in [1.807, 2.05) is 0 Å². The fourth-order valence-electron chi connectivity index (χ4n) is 2.80. The zero-order valence-corrected chi connectivity index (χ0v) is 11.4. The zero-order valence-electron chi connectivity index (χ0n) is 11.4. The first-order valence-electron chi connectivity index (χ1n) is 6.30. The molecule has 2 unspecified atom stereocenters. The van der Waals surface area contributed by atoms with E-state index in [9.17, 15) is 0 Å². The molecular formula is C13H27NO2. The lowest BCUT2D eigenvalue weighted by atomic mass is 9.75. The van der Waals surface area contributed by atoms with Gasteiger partial charge in [0.05, 0.1) is 6.04 Å². The number of hydrogen-bond donors (Lipinski definition) is 1. The first kappa shape index (κ1) is 13.9. The number of nitrogens with one attached hydrogen (secondary N) is 1. The van der Waals surface area contributed by atoms with E-state index in [0.717, 1.165) is 0 Å². The first-order valence-corrected chi connectivity index (χ1v) is 6.30. The van der Waals surface area contributed by atoms with E-state index < -0.39 is 0 Å². The molecule has 0 saturated heterocycles. The predicted molar refractivity (Wildman–Crippen MR) is 66.4 cm³/mol. The van der Waals surface area contributed by atoms with Gasteiger partial charge in [-0.25, -0.2) is 0 Å². The molecular weight excluding hydrogens is 202 g/mol. The van der Waals surface area contributed by atoms with Crippen LogP contribution in [0, 0.1) is 5.41 Å². The van der Waals surface area contributed by atoms with E-state index in [-0.39, 0.29) is 12.3 Å². The Labute approximate surface area is 99.9 Å². The van der Waals surface area contributed by atoms with Crippen molar-refractivity contribution in [2.45, 2.75) is 64.8 Å². The molecule has 0 radical (unpaired) electrons. The third-order valence-electron chi connectivity index (χ3n) is 3.58. The van der Waals surface area contributed by atoms with Crippen LogP contribution in [-0.2, 0) is 9.47 Å². The molecule has 16 heavy (non-hydrogen) atoms. The van der Waals surface area contributed by atoms with Gasteiger partial charge in [-0.2, -0.15) is 0 Å². The maximum Gasteiger partial charge on any atom is 0.171 e. The predicted octanol–water partition coefficient (Wildman–Crippen LogP) is 2.55. The monoisotopic (exact) mass is 229 g/mol. The molecule has 0 bridgehead atoms. The molecule has 1 aliphatic rings. The molecule has 0 spiro atoms. The normalized spacial score (nSPS) is 27.0. The summed E-state index contributed by atoms with van der Waals surface area (Å²) in [6.45, 7) is 6.84. The third kappa shape index (κ3) is 4.04. The second-order valence-corrected chi connectivity index (χ2v) is 5.75. The lowest BCUT2D eigenvalue weighted by molar-refractivity contribution is -0.122. The second-order valence-electron chi connectivity index (χ2n) is 5.75. The van der Waals surface area contributed by atoms with E-state index in [0.29, 0.717) is 11.5 Å². The minimum atomic E-state index is -0.148. The van der Waals surface area contributed by atoms with Crippen LogP contribution in [0.1, 0.15) is 46.5 Å². The van der Waals surface area contributed by atoms with E-state index in [1.165, 1.54) is 25.7 Å². The lowest BCUT2D eigenvalue weighted by Crippen LogP contribution is -2.47. The van der Waals surface area contributed by atoms with Gasteiger partial charge in [-0.05, 0) is 31.6 Å². The molecule has 0 aliphatic heterocycles. The highest BCUT2D eigenvalue weighted by atomic mass is 16.7. The molecule has 0 aromatic rings. The highest BCUT2D eigenvalue weighted by Crippen LogP contribution is 2.35. The molecule has 96 valence electrons.